The van der Waals surface area contributed by atoms with Gasteiger partial charge in [-0.2, -0.15) is 0 Å². The Hall–Kier alpha value is -2.25. The Balaban J connectivity index is 1.50. The summed E-state index contributed by atoms with van der Waals surface area (Å²) in [4.78, 5) is 15.5. The van der Waals surface area contributed by atoms with E-state index in [-0.39, 0.29) is 18.9 Å². The molecule has 1 unspecified atom stereocenters. The van der Waals surface area contributed by atoms with Crippen molar-refractivity contribution < 1.29 is 19.2 Å². The van der Waals surface area contributed by atoms with Gasteiger partial charge in [-0.1, -0.05) is 6.07 Å². The lowest BCUT2D eigenvalue weighted by molar-refractivity contribution is -0.895. The summed E-state index contributed by atoms with van der Waals surface area (Å²) in [7, 11) is 2.20. The molecule has 0 aliphatic carbocycles. The van der Waals surface area contributed by atoms with Crippen LogP contribution in [0.25, 0.3) is 0 Å². The smallest absolute Gasteiger partial charge is 0.256 e. The lowest BCUT2D eigenvalue weighted by Gasteiger charge is -2.27. The van der Waals surface area contributed by atoms with E-state index in [4.69, 9.17) is 9.47 Å². The van der Waals surface area contributed by atoms with Crippen molar-refractivity contribution in [3.8, 4) is 11.5 Å². The van der Waals surface area contributed by atoms with E-state index in [2.05, 4.69) is 17.7 Å². The number of thiophene rings is 1. The van der Waals surface area contributed by atoms with E-state index in [1.807, 2.05) is 18.2 Å². The summed E-state index contributed by atoms with van der Waals surface area (Å²) in [5, 5.41) is 7.56. The lowest BCUT2D eigenvalue weighted by atomic mass is 10.0. The van der Waals surface area contributed by atoms with E-state index < -0.39 is 0 Å². The fourth-order valence-electron chi connectivity index (χ4n) is 3.59. The Bertz CT molecular complexity index is 848. The number of carbonyl (C=O) groups excluding carboxylic acids is 1. The second-order valence-corrected chi connectivity index (χ2v) is 7.61. The molecule has 0 bridgehead atoms. The molecule has 1 amide bonds. The van der Waals surface area contributed by atoms with Crippen molar-refractivity contribution in [2.75, 3.05) is 25.7 Å². The van der Waals surface area contributed by atoms with Crippen LogP contribution >= 0.6 is 11.3 Å². The summed E-state index contributed by atoms with van der Waals surface area (Å²) in [5.74, 6) is 1.49. The summed E-state index contributed by atoms with van der Waals surface area (Å²) in [6.45, 7) is 2.33. The van der Waals surface area contributed by atoms with Crippen LogP contribution in [0.5, 0.6) is 11.5 Å². The van der Waals surface area contributed by atoms with Gasteiger partial charge in [0, 0.05) is 6.42 Å². The second-order valence-electron chi connectivity index (χ2n) is 6.51. The first-order chi connectivity index (χ1) is 11.7. The Labute approximate surface area is 143 Å². The van der Waals surface area contributed by atoms with Gasteiger partial charge in [-0.15, -0.1) is 11.3 Å². The number of amides is 1. The second kappa shape index (κ2) is 5.12. The van der Waals surface area contributed by atoms with Crippen molar-refractivity contribution >= 4 is 22.2 Å². The SMILES string of the molecule is C[NH+]1CCc2c(sc3c2C(=O)N[C@@H](c2ccc4c(c2)OCO4)N3)C1. The summed E-state index contributed by atoms with van der Waals surface area (Å²) in [6.07, 6.45) is 0.723. The number of carbonyl (C=O) groups is 1. The molecule has 6 nitrogen and oxygen atoms in total. The molecular weight excluding hydrogens is 326 g/mol. The van der Waals surface area contributed by atoms with Crippen LogP contribution in [0.1, 0.15) is 32.5 Å². The average Bonchev–Trinajstić information content (AvgIpc) is 3.17. The molecule has 0 saturated carbocycles. The van der Waals surface area contributed by atoms with Gasteiger partial charge < -0.3 is 25.0 Å². The zero-order valence-corrected chi connectivity index (χ0v) is 14.1. The summed E-state index contributed by atoms with van der Waals surface area (Å²) >= 11 is 1.72. The van der Waals surface area contributed by atoms with Crippen LogP contribution in [0.15, 0.2) is 18.2 Å². The predicted octanol–water partition coefficient (Wildman–Crippen LogP) is 0.902. The number of hydrogen-bond acceptors (Lipinski definition) is 5. The van der Waals surface area contributed by atoms with Gasteiger partial charge in [0.15, 0.2) is 11.5 Å². The molecule has 2 aromatic rings. The molecule has 4 heterocycles. The summed E-state index contributed by atoms with van der Waals surface area (Å²) in [5.41, 5.74) is 3.04. The van der Waals surface area contributed by atoms with E-state index in [1.165, 1.54) is 15.3 Å². The number of likely N-dealkylation sites (N-methyl/N-ethyl adjacent to an activating group) is 1. The molecule has 2 atom stereocenters. The molecule has 3 N–H and O–H groups in total. The van der Waals surface area contributed by atoms with Crippen molar-refractivity contribution in [1.82, 2.24) is 5.32 Å². The van der Waals surface area contributed by atoms with E-state index in [0.29, 0.717) is 0 Å². The minimum absolute atomic E-state index is 0.0171. The number of quaternary nitrogens is 1. The third-order valence-corrected chi connectivity index (χ3v) is 6.03. The molecule has 1 aromatic heterocycles. The number of nitrogens with one attached hydrogen (secondary N) is 3. The number of hydrogen-bond donors (Lipinski definition) is 3. The largest absolute Gasteiger partial charge is 0.454 e. The number of anilines is 1. The molecule has 3 aliphatic heterocycles. The number of fused-ring (bicyclic) bond motifs is 4. The Kier molecular flexibility index (Phi) is 3.01. The number of ether oxygens (including phenoxy) is 2. The van der Waals surface area contributed by atoms with Gasteiger partial charge in [-0.3, -0.25) is 4.79 Å². The van der Waals surface area contributed by atoms with Crippen molar-refractivity contribution in [2.45, 2.75) is 19.1 Å². The van der Waals surface area contributed by atoms with Crippen LogP contribution in [0.4, 0.5) is 5.00 Å². The molecule has 0 fully saturated rings. The highest BCUT2D eigenvalue weighted by Crippen LogP contribution is 2.40. The molecule has 1 aromatic carbocycles. The van der Waals surface area contributed by atoms with Gasteiger partial charge >= 0.3 is 0 Å². The van der Waals surface area contributed by atoms with E-state index in [0.717, 1.165) is 47.1 Å². The lowest BCUT2D eigenvalue weighted by Crippen LogP contribution is -3.08. The van der Waals surface area contributed by atoms with E-state index >= 15 is 0 Å². The van der Waals surface area contributed by atoms with E-state index in [9.17, 15) is 4.79 Å². The highest BCUT2D eigenvalue weighted by molar-refractivity contribution is 7.16. The van der Waals surface area contributed by atoms with Crippen LogP contribution in [0.2, 0.25) is 0 Å². The highest BCUT2D eigenvalue weighted by atomic mass is 32.1. The summed E-state index contributed by atoms with van der Waals surface area (Å²) < 4.78 is 10.8. The number of rotatable bonds is 1. The molecule has 5 rings (SSSR count). The normalized spacial score (nSPS) is 24.0. The van der Waals surface area contributed by atoms with Crippen molar-refractivity contribution in [1.29, 1.82) is 0 Å². The zero-order valence-electron chi connectivity index (χ0n) is 13.3. The van der Waals surface area contributed by atoms with Gasteiger partial charge in [0.2, 0.25) is 6.79 Å². The maximum absolute atomic E-state index is 12.7. The maximum Gasteiger partial charge on any atom is 0.256 e. The fourth-order valence-corrected chi connectivity index (χ4v) is 4.98. The van der Waals surface area contributed by atoms with Crippen LogP contribution < -0.4 is 25.0 Å². The molecular formula is C17H18N3O3S+. The topological polar surface area (TPSA) is 64.0 Å². The Morgan fingerprint density at radius 1 is 1.25 bits per heavy atom. The third kappa shape index (κ3) is 2.08. The Morgan fingerprint density at radius 3 is 3.04 bits per heavy atom. The van der Waals surface area contributed by atoms with Gasteiger partial charge in [-0.25, -0.2) is 0 Å². The molecule has 124 valence electrons. The van der Waals surface area contributed by atoms with E-state index in [1.54, 1.807) is 11.3 Å². The fraction of sp³-hybridized carbons (Fsp3) is 0.353. The molecule has 7 heteroatoms. The average molecular weight is 344 g/mol. The molecule has 0 radical (unpaired) electrons. The zero-order chi connectivity index (χ0) is 16.3. The first-order valence-electron chi connectivity index (χ1n) is 8.12. The van der Waals surface area contributed by atoms with Crippen LogP contribution in [0, 0.1) is 0 Å². The van der Waals surface area contributed by atoms with Gasteiger partial charge in [0.1, 0.15) is 17.7 Å². The van der Waals surface area contributed by atoms with Crippen molar-refractivity contribution in [3.63, 3.8) is 0 Å². The van der Waals surface area contributed by atoms with Gasteiger partial charge in [0.25, 0.3) is 5.91 Å². The molecule has 0 spiro atoms. The minimum atomic E-state index is -0.246. The standard InChI is InChI=1S/C17H17N3O3S/c1-20-5-4-10-13(7-20)24-17-14(10)16(21)18-15(19-17)9-2-3-11-12(6-9)23-8-22-11/h2-3,6,15,19H,4-5,7-8H2,1H3,(H,18,21)/p+1/t15-/m1/s1. The van der Waals surface area contributed by atoms with Crippen molar-refractivity contribution in [3.05, 3.63) is 39.8 Å². The quantitative estimate of drug-likeness (QED) is 0.719. The first-order valence-corrected chi connectivity index (χ1v) is 8.93. The van der Waals surface area contributed by atoms with Crippen LogP contribution in [-0.2, 0) is 13.0 Å². The summed E-state index contributed by atoms with van der Waals surface area (Å²) in [6, 6.07) is 5.78. The Morgan fingerprint density at radius 2 is 2.12 bits per heavy atom. The number of benzene rings is 1. The van der Waals surface area contributed by atoms with Gasteiger partial charge in [-0.05, 0) is 23.3 Å². The third-order valence-electron chi connectivity index (χ3n) is 4.86. The highest BCUT2D eigenvalue weighted by Gasteiger charge is 2.34. The van der Waals surface area contributed by atoms with Crippen molar-refractivity contribution in [2.24, 2.45) is 0 Å². The minimum Gasteiger partial charge on any atom is -0.454 e. The monoisotopic (exact) mass is 344 g/mol. The maximum atomic E-state index is 12.7. The van der Waals surface area contributed by atoms with Crippen LogP contribution in [-0.4, -0.2) is 26.3 Å². The van der Waals surface area contributed by atoms with Gasteiger partial charge in [0.05, 0.1) is 24.0 Å². The molecule has 24 heavy (non-hydrogen) atoms. The first kappa shape index (κ1) is 14.1. The molecule has 3 aliphatic rings. The molecule has 0 saturated heterocycles. The predicted molar refractivity (Wildman–Crippen MR) is 89.9 cm³/mol. The van der Waals surface area contributed by atoms with Crippen LogP contribution in [0.3, 0.4) is 0 Å².